The van der Waals surface area contributed by atoms with E-state index in [1.165, 1.54) is 16.7 Å². The van der Waals surface area contributed by atoms with Crippen LogP contribution in [0.4, 0.5) is 0 Å². The molecule has 20 heavy (non-hydrogen) atoms. The number of fused-ring (bicyclic) bond motifs is 1. The minimum Gasteiger partial charge on any atom is -0.207 e. The predicted molar refractivity (Wildman–Crippen MR) is 80.0 cm³/mol. The molecule has 2 aromatic rings. The van der Waals surface area contributed by atoms with Crippen molar-refractivity contribution in [1.29, 1.82) is 5.26 Å². The van der Waals surface area contributed by atoms with Crippen LogP contribution in [0.3, 0.4) is 0 Å². The van der Waals surface area contributed by atoms with E-state index in [9.17, 15) is 8.42 Å². The van der Waals surface area contributed by atoms with Gasteiger partial charge in [-0.2, -0.15) is 9.57 Å². The molecule has 0 saturated heterocycles. The minimum absolute atomic E-state index is 0.130. The van der Waals surface area contributed by atoms with Crippen molar-refractivity contribution in [3.8, 4) is 18.4 Å². The van der Waals surface area contributed by atoms with Crippen LogP contribution in [0, 0.1) is 23.7 Å². The Morgan fingerprint density at radius 1 is 1.40 bits per heavy atom. The molecule has 0 aliphatic rings. The van der Waals surface area contributed by atoms with Crippen molar-refractivity contribution in [2.45, 2.75) is 4.90 Å². The average Bonchev–Trinajstić information content (AvgIpc) is 2.82. The zero-order valence-corrected chi connectivity index (χ0v) is 12.6. The Labute approximate surface area is 126 Å². The van der Waals surface area contributed by atoms with Crippen LogP contribution < -0.4 is 0 Å². The molecule has 2 rings (SSSR count). The van der Waals surface area contributed by atoms with Gasteiger partial charge in [-0.05, 0) is 18.2 Å². The summed E-state index contributed by atoms with van der Waals surface area (Å²) in [6.07, 6.45) is 5.16. The second kappa shape index (κ2) is 5.82. The first-order valence-electron chi connectivity index (χ1n) is 5.48. The van der Waals surface area contributed by atoms with Gasteiger partial charge in [-0.1, -0.05) is 17.5 Å². The van der Waals surface area contributed by atoms with Crippen LogP contribution in [0.15, 0.2) is 28.5 Å². The van der Waals surface area contributed by atoms with Crippen molar-refractivity contribution in [3.05, 3.63) is 28.6 Å². The summed E-state index contributed by atoms with van der Waals surface area (Å²) >= 11 is 7.22. The third-order valence-electron chi connectivity index (χ3n) is 2.63. The molecule has 1 aromatic heterocycles. The average molecular weight is 325 g/mol. The molecule has 0 radical (unpaired) electrons. The number of benzene rings is 1. The van der Waals surface area contributed by atoms with E-state index >= 15 is 0 Å². The van der Waals surface area contributed by atoms with E-state index in [-0.39, 0.29) is 18.0 Å². The van der Waals surface area contributed by atoms with Gasteiger partial charge >= 0.3 is 0 Å². The number of rotatable bonds is 4. The van der Waals surface area contributed by atoms with Gasteiger partial charge in [0, 0.05) is 20.5 Å². The lowest BCUT2D eigenvalue weighted by Gasteiger charge is -2.15. The van der Waals surface area contributed by atoms with E-state index in [1.54, 1.807) is 18.2 Å². The van der Waals surface area contributed by atoms with E-state index in [4.69, 9.17) is 23.3 Å². The second-order valence-corrected chi connectivity index (χ2v) is 7.13. The molecule has 0 aliphatic heterocycles. The van der Waals surface area contributed by atoms with E-state index in [0.29, 0.717) is 10.4 Å². The number of thiophene rings is 1. The first kappa shape index (κ1) is 14.8. The van der Waals surface area contributed by atoms with Crippen molar-refractivity contribution < 1.29 is 8.42 Å². The molecule has 7 heteroatoms. The summed E-state index contributed by atoms with van der Waals surface area (Å²) in [5.74, 6) is 2.25. The fraction of sp³-hybridized carbons (Fsp3) is 0.154. The summed E-state index contributed by atoms with van der Waals surface area (Å²) in [5.41, 5.74) is 0. The Morgan fingerprint density at radius 3 is 2.80 bits per heavy atom. The standard InChI is InChI=1S/C13H9ClN2O2S2/c1-2-6-16(7-5-15)20(17,18)13-9-19-12-4-3-10(14)8-11(12)13/h1,3-4,8-9H,6-7H2. The Balaban J connectivity index is 2.60. The van der Waals surface area contributed by atoms with Gasteiger partial charge in [0.25, 0.3) is 0 Å². The van der Waals surface area contributed by atoms with Gasteiger partial charge in [-0.3, -0.25) is 0 Å². The topological polar surface area (TPSA) is 61.2 Å². The molecular formula is C13H9ClN2O2S2. The zero-order valence-electron chi connectivity index (χ0n) is 10.2. The van der Waals surface area contributed by atoms with Crippen molar-refractivity contribution in [3.63, 3.8) is 0 Å². The van der Waals surface area contributed by atoms with Crippen molar-refractivity contribution in [2.24, 2.45) is 0 Å². The van der Waals surface area contributed by atoms with Crippen LogP contribution in [-0.4, -0.2) is 25.8 Å². The number of hydrogen-bond donors (Lipinski definition) is 0. The molecule has 0 spiro atoms. The van der Waals surface area contributed by atoms with Crippen molar-refractivity contribution in [2.75, 3.05) is 13.1 Å². The lowest BCUT2D eigenvalue weighted by molar-refractivity contribution is 0.482. The van der Waals surface area contributed by atoms with Gasteiger partial charge < -0.3 is 0 Å². The summed E-state index contributed by atoms with van der Waals surface area (Å²) in [4.78, 5) is 0.130. The van der Waals surface area contributed by atoms with Gasteiger partial charge in [0.1, 0.15) is 11.4 Å². The first-order valence-corrected chi connectivity index (χ1v) is 8.18. The Morgan fingerprint density at radius 2 is 2.15 bits per heavy atom. The largest absolute Gasteiger partial charge is 0.246 e. The molecule has 0 saturated carbocycles. The van der Waals surface area contributed by atoms with Gasteiger partial charge in [0.15, 0.2) is 0 Å². The van der Waals surface area contributed by atoms with Gasteiger partial charge in [0.05, 0.1) is 12.6 Å². The molecule has 0 aliphatic carbocycles. The quantitative estimate of drug-likeness (QED) is 0.641. The van der Waals surface area contributed by atoms with Crippen molar-refractivity contribution >= 4 is 43.0 Å². The number of nitriles is 1. The van der Waals surface area contributed by atoms with E-state index in [2.05, 4.69) is 5.92 Å². The SMILES string of the molecule is C#CCN(CC#N)S(=O)(=O)c1csc2ccc(Cl)cc12. The highest BCUT2D eigenvalue weighted by molar-refractivity contribution is 7.89. The molecule has 102 valence electrons. The van der Waals surface area contributed by atoms with Crippen molar-refractivity contribution in [1.82, 2.24) is 4.31 Å². The molecule has 0 N–H and O–H groups in total. The Kier molecular flexibility index (Phi) is 4.32. The van der Waals surface area contributed by atoms with Crippen LogP contribution in [0.2, 0.25) is 5.02 Å². The number of terminal acetylenes is 1. The maximum Gasteiger partial charge on any atom is 0.246 e. The number of hydrogen-bond acceptors (Lipinski definition) is 4. The fourth-order valence-electron chi connectivity index (χ4n) is 1.72. The fourth-order valence-corrected chi connectivity index (χ4v) is 4.59. The normalized spacial score (nSPS) is 11.4. The maximum atomic E-state index is 12.5. The van der Waals surface area contributed by atoms with E-state index < -0.39 is 10.0 Å². The van der Waals surface area contributed by atoms with E-state index in [1.807, 2.05) is 6.07 Å². The number of halogens is 1. The Hall–Kier alpha value is -1.57. The molecule has 0 atom stereocenters. The minimum atomic E-state index is -3.81. The highest BCUT2D eigenvalue weighted by Gasteiger charge is 2.26. The highest BCUT2D eigenvalue weighted by atomic mass is 35.5. The molecule has 0 unspecified atom stereocenters. The van der Waals surface area contributed by atoms with Crippen LogP contribution in [0.25, 0.3) is 10.1 Å². The predicted octanol–water partition coefficient (Wildman–Crippen LogP) is 2.70. The molecule has 4 nitrogen and oxygen atoms in total. The monoisotopic (exact) mass is 324 g/mol. The van der Waals surface area contributed by atoms with Crippen LogP contribution in [-0.2, 0) is 10.0 Å². The summed E-state index contributed by atoms with van der Waals surface area (Å²) in [7, 11) is -3.81. The third kappa shape index (κ3) is 2.65. The molecular weight excluding hydrogens is 316 g/mol. The maximum absolute atomic E-state index is 12.5. The van der Waals surface area contributed by atoms with Gasteiger partial charge in [0.2, 0.25) is 10.0 Å². The highest BCUT2D eigenvalue weighted by Crippen LogP contribution is 2.33. The molecule has 1 aromatic carbocycles. The first-order chi connectivity index (χ1) is 9.50. The van der Waals surface area contributed by atoms with Gasteiger partial charge in [-0.15, -0.1) is 17.8 Å². The third-order valence-corrected chi connectivity index (χ3v) is 5.81. The number of nitrogens with zero attached hydrogens (tertiary/aromatic N) is 2. The number of sulfonamides is 1. The molecule has 1 heterocycles. The lowest BCUT2D eigenvalue weighted by Crippen LogP contribution is -2.31. The smallest absolute Gasteiger partial charge is 0.207 e. The lowest BCUT2D eigenvalue weighted by atomic mass is 10.3. The summed E-state index contributed by atoms with van der Waals surface area (Å²) < 4.78 is 26.9. The summed E-state index contributed by atoms with van der Waals surface area (Å²) in [6, 6.07) is 6.87. The van der Waals surface area contributed by atoms with Gasteiger partial charge in [-0.25, -0.2) is 8.42 Å². The second-order valence-electron chi connectivity index (χ2n) is 3.88. The molecule has 0 amide bonds. The summed E-state index contributed by atoms with van der Waals surface area (Å²) in [6.45, 7) is -0.432. The van der Waals surface area contributed by atoms with Crippen LogP contribution in [0.1, 0.15) is 0 Å². The zero-order chi connectivity index (χ0) is 14.8. The van der Waals surface area contributed by atoms with Crippen LogP contribution >= 0.6 is 22.9 Å². The van der Waals surface area contributed by atoms with Crippen LogP contribution in [0.5, 0.6) is 0 Å². The molecule has 0 bridgehead atoms. The summed E-state index contributed by atoms with van der Waals surface area (Å²) in [5, 5.41) is 11.3. The van der Waals surface area contributed by atoms with E-state index in [0.717, 1.165) is 9.01 Å². The Bertz CT molecular complexity index is 812. The molecule has 0 fully saturated rings.